The second-order valence-electron chi connectivity index (χ2n) is 5.12. The Labute approximate surface area is 146 Å². The smallest absolute Gasteiger partial charge is 0.387 e. The Hall–Kier alpha value is -3.36. The fraction of sp³-hybridized carbons (Fsp3) is 0.176. The molecule has 0 aliphatic rings. The van der Waals surface area contributed by atoms with Crippen molar-refractivity contribution >= 4 is 5.97 Å². The zero-order chi connectivity index (χ0) is 18.5. The molecule has 2 aromatic heterocycles. The van der Waals surface area contributed by atoms with Crippen LogP contribution in [0.25, 0.3) is 11.4 Å². The van der Waals surface area contributed by atoms with Crippen LogP contribution in [0.4, 0.5) is 8.78 Å². The Morgan fingerprint density at radius 3 is 2.73 bits per heavy atom. The summed E-state index contributed by atoms with van der Waals surface area (Å²) >= 11 is 0. The first kappa shape index (κ1) is 17.5. The number of carbonyl (C=O) groups is 1. The SMILES string of the molecule is CC(OC(=O)c1ccccc1OC(F)F)c1nc(-c2cccnc2)no1. The van der Waals surface area contributed by atoms with Crippen molar-refractivity contribution in [2.45, 2.75) is 19.6 Å². The van der Waals surface area contributed by atoms with Gasteiger partial charge in [0.25, 0.3) is 5.89 Å². The summed E-state index contributed by atoms with van der Waals surface area (Å²) in [7, 11) is 0. The van der Waals surface area contributed by atoms with E-state index in [1.54, 1.807) is 24.5 Å². The molecule has 0 bridgehead atoms. The molecule has 0 amide bonds. The number of nitrogens with zero attached hydrogens (tertiary/aromatic N) is 3. The number of hydrogen-bond donors (Lipinski definition) is 0. The fourth-order valence-corrected chi connectivity index (χ4v) is 2.12. The van der Waals surface area contributed by atoms with Crippen LogP contribution in [-0.2, 0) is 4.74 Å². The maximum absolute atomic E-state index is 12.4. The summed E-state index contributed by atoms with van der Waals surface area (Å²) in [5.41, 5.74) is 0.503. The highest BCUT2D eigenvalue weighted by Gasteiger charge is 2.23. The second-order valence-corrected chi connectivity index (χ2v) is 5.12. The first-order valence-electron chi connectivity index (χ1n) is 7.53. The van der Waals surface area contributed by atoms with Crippen molar-refractivity contribution in [2.24, 2.45) is 0 Å². The standard InChI is InChI=1S/C17H13F2N3O4/c1-10(15-21-14(22-26-15)11-5-4-8-20-9-11)24-16(23)12-6-2-3-7-13(12)25-17(18)19/h2-10,17H,1H3. The molecule has 9 heteroatoms. The molecular formula is C17H13F2N3O4. The van der Waals surface area contributed by atoms with Gasteiger partial charge in [0.2, 0.25) is 5.82 Å². The first-order chi connectivity index (χ1) is 12.5. The molecule has 2 heterocycles. The van der Waals surface area contributed by atoms with Crippen LogP contribution in [-0.4, -0.2) is 27.7 Å². The summed E-state index contributed by atoms with van der Waals surface area (Å²) < 4.78 is 39.5. The van der Waals surface area contributed by atoms with E-state index in [0.29, 0.717) is 5.56 Å². The molecule has 0 saturated heterocycles. The highest BCUT2D eigenvalue weighted by atomic mass is 19.3. The topological polar surface area (TPSA) is 87.3 Å². The van der Waals surface area contributed by atoms with Gasteiger partial charge in [0.15, 0.2) is 6.10 Å². The fourth-order valence-electron chi connectivity index (χ4n) is 2.12. The Balaban J connectivity index is 1.73. The number of ether oxygens (including phenoxy) is 2. The molecule has 0 spiro atoms. The molecule has 1 unspecified atom stereocenters. The highest BCUT2D eigenvalue weighted by Crippen LogP contribution is 2.25. The van der Waals surface area contributed by atoms with Crippen molar-refractivity contribution < 1.29 is 27.6 Å². The number of pyridine rings is 1. The molecular weight excluding hydrogens is 348 g/mol. The summed E-state index contributed by atoms with van der Waals surface area (Å²) in [6.07, 6.45) is 2.27. The summed E-state index contributed by atoms with van der Waals surface area (Å²) in [6.45, 7) is -1.53. The number of rotatable bonds is 6. The second kappa shape index (κ2) is 7.68. The summed E-state index contributed by atoms with van der Waals surface area (Å²) in [5.74, 6) is -0.780. The number of alkyl halides is 2. The van der Waals surface area contributed by atoms with Crippen LogP contribution < -0.4 is 4.74 Å². The van der Waals surface area contributed by atoms with Crippen LogP contribution in [0.2, 0.25) is 0 Å². The van der Waals surface area contributed by atoms with Crippen LogP contribution in [0.5, 0.6) is 5.75 Å². The van der Waals surface area contributed by atoms with Crippen molar-refractivity contribution in [2.75, 3.05) is 0 Å². The van der Waals surface area contributed by atoms with Gasteiger partial charge in [0.1, 0.15) is 11.3 Å². The molecule has 134 valence electrons. The van der Waals surface area contributed by atoms with Crippen molar-refractivity contribution in [3.63, 3.8) is 0 Å². The van der Waals surface area contributed by atoms with Gasteiger partial charge in [-0.05, 0) is 31.2 Å². The van der Waals surface area contributed by atoms with Crippen LogP contribution in [0.3, 0.4) is 0 Å². The molecule has 0 N–H and O–H groups in total. The van der Waals surface area contributed by atoms with E-state index in [1.807, 2.05) is 0 Å². The number of para-hydroxylation sites is 1. The number of aromatic nitrogens is 3. The third kappa shape index (κ3) is 4.00. The average Bonchev–Trinajstić information content (AvgIpc) is 3.12. The van der Waals surface area contributed by atoms with Crippen LogP contribution >= 0.6 is 0 Å². The third-order valence-corrected chi connectivity index (χ3v) is 3.32. The molecule has 3 aromatic rings. The molecule has 0 aliphatic carbocycles. The molecule has 0 aliphatic heterocycles. The first-order valence-corrected chi connectivity index (χ1v) is 7.53. The number of carbonyl (C=O) groups excluding carboxylic acids is 1. The van der Waals surface area contributed by atoms with Gasteiger partial charge >= 0.3 is 12.6 Å². The van der Waals surface area contributed by atoms with Gasteiger partial charge < -0.3 is 14.0 Å². The Morgan fingerprint density at radius 1 is 1.19 bits per heavy atom. The van der Waals surface area contributed by atoms with Gasteiger partial charge in [-0.2, -0.15) is 13.8 Å². The van der Waals surface area contributed by atoms with E-state index in [-0.39, 0.29) is 23.0 Å². The van der Waals surface area contributed by atoms with Crippen LogP contribution in [0.15, 0.2) is 53.3 Å². The van der Waals surface area contributed by atoms with Gasteiger partial charge in [0, 0.05) is 18.0 Å². The minimum absolute atomic E-state index is 0.0597. The monoisotopic (exact) mass is 361 g/mol. The molecule has 1 aromatic carbocycles. The lowest BCUT2D eigenvalue weighted by atomic mass is 10.2. The summed E-state index contributed by atoms with van der Waals surface area (Å²) in [6, 6.07) is 9.01. The van der Waals surface area contributed by atoms with Gasteiger partial charge in [0.05, 0.1) is 0 Å². The molecule has 0 radical (unpaired) electrons. The van der Waals surface area contributed by atoms with E-state index in [2.05, 4.69) is 19.9 Å². The Morgan fingerprint density at radius 2 is 2.00 bits per heavy atom. The van der Waals surface area contributed by atoms with Crippen LogP contribution in [0.1, 0.15) is 29.3 Å². The summed E-state index contributed by atoms with van der Waals surface area (Å²) in [4.78, 5) is 20.4. The molecule has 1 atom stereocenters. The zero-order valence-electron chi connectivity index (χ0n) is 13.5. The third-order valence-electron chi connectivity index (χ3n) is 3.32. The van der Waals surface area contributed by atoms with E-state index in [0.717, 1.165) is 0 Å². The largest absolute Gasteiger partial charge is 0.449 e. The number of halogens is 2. The van der Waals surface area contributed by atoms with Crippen molar-refractivity contribution in [1.29, 1.82) is 0 Å². The predicted octanol–water partition coefficient (Wildman–Crippen LogP) is 3.65. The van der Waals surface area contributed by atoms with Gasteiger partial charge in [-0.25, -0.2) is 4.79 Å². The quantitative estimate of drug-likeness (QED) is 0.619. The minimum Gasteiger partial charge on any atom is -0.449 e. The van der Waals surface area contributed by atoms with E-state index in [4.69, 9.17) is 9.26 Å². The zero-order valence-corrected chi connectivity index (χ0v) is 13.5. The van der Waals surface area contributed by atoms with Gasteiger partial charge in [-0.1, -0.05) is 17.3 Å². The average molecular weight is 361 g/mol. The summed E-state index contributed by atoms with van der Waals surface area (Å²) in [5, 5.41) is 3.80. The lowest BCUT2D eigenvalue weighted by molar-refractivity contribution is -0.0506. The maximum atomic E-state index is 12.4. The molecule has 26 heavy (non-hydrogen) atoms. The van der Waals surface area contributed by atoms with E-state index in [1.165, 1.54) is 31.2 Å². The maximum Gasteiger partial charge on any atom is 0.387 e. The van der Waals surface area contributed by atoms with E-state index < -0.39 is 18.7 Å². The molecule has 3 rings (SSSR count). The number of hydrogen-bond acceptors (Lipinski definition) is 7. The van der Waals surface area contributed by atoms with Crippen molar-refractivity contribution in [3.8, 4) is 17.1 Å². The highest BCUT2D eigenvalue weighted by molar-refractivity contribution is 5.92. The number of esters is 1. The Kier molecular flexibility index (Phi) is 5.16. The molecule has 0 fully saturated rings. The lowest BCUT2D eigenvalue weighted by Gasteiger charge is -2.12. The molecule has 0 saturated carbocycles. The Bertz CT molecular complexity index is 886. The van der Waals surface area contributed by atoms with Crippen LogP contribution in [0, 0.1) is 0 Å². The van der Waals surface area contributed by atoms with Gasteiger partial charge in [-0.15, -0.1) is 0 Å². The molecule has 7 nitrogen and oxygen atoms in total. The predicted molar refractivity (Wildman–Crippen MR) is 84.4 cm³/mol. The van der Waals surface area contributed by atoms with Gasteiger partial charge in [-0.3, -0.25) is 4.98 Å². The normalized spacial score (nSPS) is 12.0. The lowest BCUT2D eigenvalue weighted by Crippen LogP contribution is -2.12. The van der Waals surface area contributed by atoms with E-state index >= 15 is 0 Å². The van der Waals surface area contributed by atoms with Crippen molar-refractivity contribution in [3.05, 3.63) is 60.2 Å². The minimum atomic E-state index is -3.06. The number of benzene rings is 1. The van der Waals surface area contributed by atoms with Crippen molar-refractivity contribution in [1.82, 2.24) is 15.1 Å². The van der Waals surface area contributed by atoms with E-state index in [9.17, 15) is 13.6 Å².